The van der Waals surface area contributed by atoms with Crippen molar-refractivity contribution < 1.29 is 32.6 Å². The van der Waals surface area contributed by atoms with Gasteiger partial charge in [-0.3, -0.25) is 4.79 Å². The fourth-order valence-corrected chi connectivity index (χ4v) is 3.97. The first-order valence-corrected chi connectivity index (χ1v) is 10.2. The number of benzene rings is 1. The second kappa shape index (κ2) is 9.13. The molecule has 3 rings (SSSR count). The maximum atomic E-state index is 13.6. The summed E-state index contributed by atoms with van der Waals surface area (Å²) in [5.41, 5.74) is -1.97. The molecule has 0 saturated carbocycles. The van der Waals surface area contributed by atoms with Crippen LogP contribution in [0.2, 0.25) is 5.02 Å². The van der Waals surface area contributed by atoms with Crippen LogP contribution in [0.3, 0.4) is 0 Å². The normalized spacial score (nSPS) is 20.6. The summed E-state index contributed by atoms with van der Waals surface area (Å²) in [6.45, 7) is 2.47. The molecule has 33 heavy (non-hydrogen) atoms. The molecular weight excluding hydrogens is 468 g/mol. The van der Waals surface area contributed by atoms with Gasteiger partial charge in [0.15, 0.2) is 0 Å². The number of nitriles is 1. The molecule has 0 aliphatic carbocycles. The first-order valence-electron chi connectivity index (χ1n) is 9.78. The molecule has 1 saturated heterocycles. The molecule has 1 amide bonds. The van der Waals surface area contributed by atoms with Crippen molar-refractivity contribution in [3.63, 3.8) is 0 Å². The van der Waals surface area contributed by atoms with Crippen LogP contribution >= 0.6 is 11.6 Å². The van der Waals surface area contributed by atoms with E-state index in [1.807, 2.05) is 0 Å². The Morgan fingerprint density at radius 3 is 2.58 bits per heavy atom. The van der Waals surface area contributed by atoms with E-state index in [4.69, 9.17) is 11.6 Å². The number of carbonyl (C=O) groups excluding carboxylic acids is 1. The van der Waals surface area contributed by atoms with Crippen molar-refractivity contribution in [3.05, 3.63) is 51.9 Å². The number of amides is 1. The van der Waals surface area contributed by atoms with Crippen molar-refractivity contribution in [1.82, 2.24) is 4.98 Å². The van der Waals surface area contributed by atoms with Crippen LogP contribution < -0.4 is 9.80 Å². The number of pyridine rings is 1. The lowest BCUT2D eigenvalue weighted by Gasteiger charge is -2.32. The predicted molar refractivity (Wildman–Crippen MR) is 111 cm³/mol. The number of halogens is 5. The third-order valence-electron chi connectivity index (χ3n) is 5.31. The summed E-state index contributed by atoms with van der Waals surface area (Å²) in [4.78, 5) is 19.6. The SMILES string of the molecule is CCN(C(=O)[C@@H]1[C@H](O)[C@H](O)CN1c1nc(C)cc(C(F)(F)F)c1C#N)c1ccc(F)c(Cl)c1. The minimum Gasteiger partial charge on any atom is -0.388 e. The number of β-amino-alcohol motifs (C(OH)–C–C–N with tert-alkyl or cyclic N) is 1. The summed E-state index contributed by atoms with van der Waals surface area (Å²) in [6.07, 6.45) is -8.06. The monoisotopic (exact) mass is 486 g/mol. The van der Waals surface area contributed by atoms with Gasteiger partial charge in [0.05, 0.1) is 16.7 Å². The Morgan fingerprint density at radius 1 is 1.36 bits per heavy atom. The van der Waals surface area contributed by atoms with Crippen LogP contribution in [0.15, 0.2) is 24.3 Å². The number of aromatic nitrogens is 1. The van der Waals surface area contributed by atoms with E-state index in [0.29, 0.717) is 6.07 Å². The maximum Gasteiger partial charge on any atom is 0.417 e. The highest BCUT2D eigenvalue weighted by Crippen LogP contribution is 2.38. The molecule has 1 aromatic carbocycles. The highest BCUT2D eigenvalue weighted by atomic mass is 35.5. The van der Waals surface area contributed by atoms with Gasteiger partial charge < -0.3 is 20.0 Å². The van der Waals surface area contributed by atoms with Gasteiger partial charge in [-0.25, -0.2) is 9.37 Å². The molecular formula is C21H19ClF4N4O3. The van der Waals surface area contributed by atoms with Crippen molar-refractivity contribution in [3.8, 4) is 6.07 Å². The number of likely N-dealkylation sites (N-methyl/N-ethyl adjacent to an activating group) is 1. The lowest BCUT2D eigenvalue weighted by molar-refractivity contribution is -0.137. The van der Waals surface area contributed by atoms with E-state index in [-0.39, 0.29) is 22.9 Å². The summed E-state index contributed by atoms with van der Waals surface area (Å²) in [5, 5.41) is 30.0. The second-order valence-corrected chi connectivity index (χ2v) is 7.86. The molecule has 1 aromatic heterocycles. The number of carbonyl (C=O) groups is 1. The largest absolute Gasteiger partial charge is 0.417 e. The van der Waals surface area contributed by atoms with Crippen LogP contribution in [0.25, 0.3) is 0 Å². The van der Waals surface area contributed by atoms with Crippen molar-refractivity contribution in [2.75, 3.05) is 22.9 Å². The summed E-state index contributed by atoms with van der Waals surface area (Å²) >= 11 is 5.81. The van der Waals surface area contributed by atoms with E-state index in [2.05, 4.69) is 4.98 Å². The minimum atomic E-state index is -4.87. The van der Waals surface area contributed by atoms with Crippen LogP contribution in [0, 0.1) is 24.1 Å². The topological polar surface area (TPSA) is 101 Å². The summed E-state index contributed by atoms with van der Waals surface area (Å²) in [6, 6.07) is 4.13. The van der Waals surface area contributed by atoms with E-state index in [0.717, 1.165) is 15.9 Å². The quantitative estimate of drug-likeness (QED) is 0.644. The minimum absolute atomic E-state index is 0.0358. The Labute approximate surface area is 191 Å². The molecule has 1 aliphatic rings. The van der Waals surface area contributed by atoms with Gasteiger partial charge in [0.25, 0.3) is 5.91 Å². The van der Waals surface area contributed by atoms with Crippen LogP contribution in [-0.4, -0.2) is 52.4 Å². The van der Waals surface area contributed by atoms with E-state index in [9.17, 15) is 37.8 Å². The average Bonchev–Trinajstić information content (AvgIpc) is 3.04. The maximum absolute atomic E-state index is 13.6. The van der Waals surface area contributed by atoms with Crippen molar-refractivity contribution in [2.45, 2.75) is 38.3 Å². The smallest absolute Gasteiger partial charge is 0.388 e. The molecule has 0 radical (unpaired) electrons. The number of hydrogen-bond acceptors (Lipinski definition) is 6. The highest BCUT2D eigenvalue weighted by molar-refractivity contribution is 6.31. The Hall–Kier alpha value is -2.94. The number of anilines is 2. The van der Waals surface area contributed by atoms with E-state index in [1.54, 1.807) is 6.92 Å². The Kier molecular flexibility index (Phi) is 6.83. The van der Waals surface area contributed by atoms with Gasteiger partial charge in [-0.05, 0) is 38.1 Å². The standard InChI is InChI=1S/C21H19ClF4N4O3/c1-3-29(11-4-5-15(23)14(22)7-11)20(33)17-18(32)16(31)9-30(17)19-12(8-27)13(21(24,25)26)6-10(2)28-19/h4-7,16-18,31-32H,3,9H2,1-2H3/t16-,17+,18-/m1/s1. The van der Waals surface area contributed by atoms with Gasteiger partial charge in [-0.2, -0.15) is 18.4 Å². The van der Waals surface area contributed by atoms with Gasteiger partial charge in [-0.1, -0.05) is 11.6 Å². The fraction of sp³-hybridized carbons (Fsp3) is 0.381. The van der Waals surface area contributed by atoms with Gasteiger partial charge in [0.1, 0.15) is 35.4 Å². The number of alkyl halides is 3. The Balaban J connectivity index is 2.12. The number of aliphatic hydroxyl groups excluding tert-OH is 2. The summed E-state index contributed by atoms with van der Waals surface area (Å²) < 4.78 is 54.2. The molecule has 3 atom stereocenters. The lowest BCUT2D eigenvalue weighted by Crippen LogP contribution is -2.51. The van der Waals surface area contributed by atoms with Crippen LogP contribution in [0.1, 0.15) is 23.7 Å². The van der Waals surface area contributed by atoms with Crippen LogP contribution in [0.5, 0.6) is 0 Å². The predicted octanol–water partition coefficient (Wildman–Crippen LogP) is 3.04. The van der Waals surface area contributed by atoms with Crippen LogP contribution in [-0.2, 0) is 11.0 Å². The Bertz CT molecular complexity index is 1120. The number of rotatable bonds is 4. The molecule has 2 N–H and O–H groups in total. The van der Waals surface area contributed by atoms with Gasteiger partial charge in [0, 0.05) is 24.5 Å². The molecule has 2 aromatic rings. The molecule has 2 heterocycles. The first-order chi connectivity index (χ1) is 15.4. The number of aryl methyl sites for hydroxylation is 1. The number of aliphatic hydroxyl groups is 2. The molecule has 1 fully saturated rings. The summed E-state index contributed by atoms with van der Waals surface area (Å²) in [5.74, 6) is -2.00. The van der Waals surface area contributed by atoms with E-state index in [1.165, 1.54) is 25.1 Å². The van der Waals surface area contributed by atoms with Gasteiger partial charge in [-0.15, -0.1) is 0 Å². The molecule has 7 nitrogen and oxygen atoms in total. The summed E-state index contributed by atoms with van der Waals surface area (Å²) in [7, 11) is 0. The van der Waals surface area contributed by atoms with Gasteiger partial charge >= 0.3 is 6.18 Å². The van der Waals surface area contributed by atoms with E-state index >= 15 is 0 Å². The number of hydrogen-bond donors (Lipinski definition) is 2. The molecule has 176 valence electrons. The third-order valence-corrected chi connectivity index (χ3v) is 5.59. The lowest BCUT2D eigenvalue weighted by atomic mass is 10.1. The molecule has 1 aliphatic heterocycles. The van der Waals surface area contributed by atoms with Gasteiger partial charge in [0.2, 0.25) is 0 Å². The molecule has 12 heteroatoms. The molecule has 0 spiro atoms. The van der Waals surface area contributed by atoms with Crippen molar-refractivity contribution >= 4 is 29.0 Å². The van der Waals surface area contributed by atoms with Crippen molar-refractivity contribution in [2.24, 2.45) is 0 Å². The zero-order chi connectivity index (χ0) is 24.7. The Morgan fingerprint density at radius 2 is 2.03 bits per heavy atom. The fourth-order valence-electron chi connectivity index (χ4n) is 3.79. The molecule has 0 bridgehead atoms. The zero-order valence-corrected chi connectivity index (χ0v) is 18.2. The van der Waals surface area contributed by atoms with Crippen LogP contribution in [0.4, 0.5) is 29.1 Å². The second-order valence-electron chi connectivity index (χ2n) is 7.46. The van der Waals surface area contributed by atoms with Crippen molar-refractivity contribution in [1.29, 1.82) is 5.26 Å². The van der Waals surface area contributed by atoms with E-state index < -0.39 is 59.6 Å². The zero-order valence-electron chi connectivity index (χ0n) is 17.4. The average molecular weight is 487 g/mol. The number of nitrogens with zero attached hydrogens (tertiary/aromatic N) is 4. The third kappa shape index (κ3) is 4.59. The first kappa shape index (κ1) is 24.7. The molecule has 0 unspecified atom stereocenters. The highest BCUT2D eigenvalue weighted by Gasteiger charge is 2.48.